The van der Waals surface area contributed by atoms with Gasteiger partial charge in [0.05, 0.1) is 24.3 Å². The number of aromatic amines is 1. The molecular weight excluding hydrogens is 414 g/mol. The first-order valence-electron chi connectivity index (χ1n) is 10.3. The van der Waals surface area contributed by atoms with Crippen LogP contribution >= 0.6 is 11.3 Å². The zero-order chi connectivity index (χ0) is 21.8. The van der Waals surface area contributed by atoms with E-state index in [0.29, 0.717) is 29.9 Å². The van der Waals surface area contributed by atoms with Gasteiger partial charge in [-0.05, 0) is 24.9 Å². The van der Waals surface area contributed by atoms with E-state index in [1.54, 1.807) is 16.3 Å². The maximum absolute atomic E-state index is 13.3. The SMILES string of the molecule is CCCN(Cc1cc[n+]([O-])cc1)C(CC)c1nc2[nH]ncc2c(=O)n1Cc1cncs1. The normalized spacial score (nSPS) is 12.6. The van der Waals surface area contributed by atoms with Crippen LogP contribution in [0.15, 0.2) is 47.2 Å². The van der Waals surface area contributed by atoms with Crippen LogP contribution in [-0.4, -0.2) is 36.2 Å². The summed E-state index contributed by atoms with van der Waals surface area (Å²) in [5.74, 6) is 0.709. The molecule has 9 nitrogen and oxygen atoms in total. The minimum absolute atomic E-state index is 0.0761. The second kappa shape index (κ2) is 9.36. The molecule has 4 aromatic rings. The number of thiazole rings is 1. The molecule has 0 saturated heterocycles. The monoisotopic (exact) mass is 439 g/mol. The molecule has 0 aliphatic rings. The largest absolute Gasteiger partial charge is 0.619 e. The maximum Gasteiger partial charge on any atom is 0.265 e. The summed E-state index contributed by atoms with van der Waals surface area (Å²) in [6.45, 7) is 6.15. The lowest BCUT2D eigenvalue weighted by atomic mass is 10.1. The summed E-state index contributed by atoms with van der Waals surface area (Å²) in [6.07, 6.45) is 8.07. The van der Waals surface area contributed by atoms with Crippen molar-refractivity contribution in [3.63, 3.8) is 0 Å². The van der Waals surface area contributed by atoms with Gasteiger partial charge in [-0.15, -0.1) is 11.3 Å². The second-order valence-corrected chi connectivity index (χ2v) is 8.39. The van der Waals surface area contributed by atoms with Crippen LogP contribution in [0.3, 0.4) is 0 Å². The standard InChI is InChI=1S/C21H25N7O2S/c1-3-7-26(12-15-5-8-27(30)9-6-15)18(4-2)20-24-19-17(11-23-25-19)21(29)28(20)13-16-10-22-14-31-16/h5-6,8-11,14,18H,3-4,7,12-13H2,1-2H3,(H,23,25). The summed E-state index contributed by atoms with van der Waals surface area (Å²) in [5.41, 5.74) is 3.20. The van der Waals surface area contributed by atoms with Crippen molar-refractivity contribution in [2.75, 3.05) is 6.54 Å². The van der Waals surface area contributed by atoms with Crippen molar-refractivity contribution in [3.05, 3.63) is 74.3 Å². The van der Waals surface area contributed by atoms with E-state index in [1.165, 1.54) is 29.9 Å². The van der Waals surface area contributed by atoms with E-state index in [9.17, 15) is 10.0 Å². The Bertz CT molecular complexity index is 1180. The van der Waals surface area contributed by atoms with Crippen molar-refractivity contribution in [1.29, 1.82) is 0 Å². The minimum atomic E-state index is -0.107. The third kappa shape index (κ3) is 4.49. The van der Waals surface area contributed by atoms with Crippen molar-refractivity contribution in [2.24, 2.45) is 0 Å². The second-order valence-electron chi connectivity index (χ2n) is 7.42. The summed E-state index contributed by atoms with van der Waals surface area (Å²) in [4.78, 5) is 25.6. The predicted octanol–water partition coefficient (Wildman–Crippen LogP) is 2.62. The molecule has 162 valence electrons. The molecule has 0 saturated carbocycles. The molecule has 10 heteroatoms. The number of H-pyrrole nitrogens is 1. The number of aromatic nitrogens is 6. The van der Waals surface area contributed by atoms with Gasteiger partial charge in [0, 0.05) is 29.8 Å². The van der Waals surface area contributed by atoms with Crippen molar-refractivity contribution >= 4 is 22.4 Å². The van der Waals surface area contributed by atoms with Crippen molar-refractivity contribution < 1.29 is 4.73 Å². The van der Waals surface area contributed by atoms with Gasteiger partial charge < -0.3 is 5.21 Å². The Kier molecular flexibility index (Phi) is 6.38. The van der Waals surface area contributed by atoms with Gasteiger partial charge in [-0.25, -0.2) is 4.98 Å². The van der Waals surface area contributed by atoms with Gasteiger partial charge in [-0.3, -0.25) is 24.3 Å². The molecule has 0 aliphatic heterocycles. The van der Waals surface area contributed by atoms with E-state index >= 15 is 0 Å². The van der Waals surface area contributed by atoms with Crippen LogP contribution in [0.2, 0.25) is 0 Å². The number of nitrogens with one attached hydrogen (secondary N) is 1. The van der Waals surface area contributed by atoms with E-state index in [-0.39, 0.29) is 11.6 Å². The molecule has 0 aromatic carbocycles. The van der Waals surface area contributed by atoms with Crippen molar-refractivity contribution in [2.45, 2.75) is 45.8 Å². The van der Waals surface area contributed by atoms with E-state index < -0.39 is 0 Å². The van der Waals surface area contributed by atoms with E-state index in [4.69, 9.17) is 4.98 Å². The molecule has 0 radical (unpaired) electrons. The summed E-state index contributed by atoms with van der Waals surface area (Å²) >= 11 is 1.52. The van der Waals surface area contributed by atoms with Gasteiger partial charge in [0.25, 0.3) is 5.56 Å². The predicted molar refractivity (Wildman–Crippen MR) is 118 cm³/mol. The average molecular weight is 440 g/mol. The molecule has 0 bridgehead atoms. The molecular formula is C21H25N7O2S. The van der Waals surface area contributed by atoms with Crippen LogP contribution in [0.1, 0.15) is 49.0 Å². The fourth-order valence-electron chi connectivity index (χ4n) is 3.85. The number of hydrogen-bond donors (Lipinski definition) is 1. The van der Waals surface area contributed by atoms with Gasteiger partial charge in [-0.1, -0.05) is 13.8 Å². The lowest BCUT2D eigenvalue weighted by Crippen LogP contribution is -2.35. The molecule has 0 aliphatic carbocycles. The first kappa shape index (κ1) is 21.1. The van der Waals surface area contributed by atoms with Crippen LogP contribution in [-0.2, 0) is 13.1 Å². The zero-order valence-electron chi connectivity index (χ0n) is 17.6. The van der Waals surface area contributed by atoms with Crippen LogP contribution in [0.5, 0.6) is 0 Å². The molecule has 4 heterocycles. The average Bonchev–Trinajstić information content (AvgIpc) is 3.45. The van der Waals surface area contributed by atoms with Crippen LogP contribution in [0.4, 0.5) is 0 Å². The van der Waals surface area contributed by atoms with Crippen LogP contribution in [0, 0.1) is 5.21 Å². The summed E-state index contributed by atoms with van der Waals surface area (Å²) in [5, 5.41) is 18.8. The highest BCUT2D eigenvalue weighted by atomic mass is 32.1. The Morgan fingerprint density at radius 1 is 1.29 bits per heavy atom. The lowest BCUT2D eigenvalue weighted by Gasteiger charge is -2.31. The molecule has 1 atom stereocenters. The number of hydrogen-bond acceptors (Lipinski definition) is 7. The quantitative estimate of drug-likeness (QED) is 0.317. The molecule has 1 N–H and O–H groups in total. The molecule has 0 spiro atoms. The topological polar surface area (TPSA) is 107 Å². The zero-order valence-corrected chi connectivity index (χ0v) is 18.4. The Labute approximate surface area is 183 Å². The Balaban J connectivity index is 1.78. The summed E-state index contributed by atoms with van der Waals surface area (Å²) in [6, 6.07) is 3.59. The fraction of sp³-hybridized carbons (Fsp3) is 0.381. The maximum atomic E-state index is 13.3. The first-order chi connectivity index (χ1) is 15.1. The van der Waals surface area contributed by atoms with Crippen molar-refractivity contribution in [3.8, 4) is 0 Å². The molecule has 0 fully saturated rings. The smallest absolute Gasteiger partial charge is 0.265 e. The Morgan fingerprint density at radius 2 is 2.10 bits per heavy atom. The molecule has 4 aromatic heterocycles. The lowest BCUT2D eigenvalue weighted by molar-refractivity contribution is -0.605. The number of rotatable bonds is 9. The van der Waals surface area contributed by atoms with E-state index in [0.717, 1.165) is 34.6 Å². The number of fused-ring (bicyclic) bond motifs is 1. The Morgan fingerprint density at radius 3 is 2.77 bits per heavy atom. The molecule has 31 heavy (non-hydrogen) atoms. The highest BCUT2D eigenvalue weighted by Gasteiger charge is 2.25. The molecule has 4 rings (SSSR count). The third-order valence-corrected chi connectivity index (χ3v) is 6.05. The van der Waals surface area contributed by atoms with Crippen LogP contribution < -0.4 is 10.3 Å². The van der Waals surface area contributed by atoms with Crippen molar-refractivity contribution in [1.82, 2.24) is 29.6 Å². The first-order valence-corrected chi connectivity index (χ1v) is 11.2. The van der Waals surface area contributed by atoms with Crippen LogP contribution in [0.25, 0.3) is 11.0 Å². The molecule has 1 unspecified atom stereocenters. The highest BCUT2D eigenvalue weighted by molar-refractivity contribution is 7.09. The van der Waals surface area contributed by atoms with Gasteiger partial charge in [-0.2, -0.15) is 9.83 Å². The number of nitrogens with zero attached hydrogens (tertiary/aromatic N) is 6. The fourth-order valence-corrected chi connectivity index (χ4v) is 4.43. The van der Waals surface area contributed by atoms with Gasteiger partial charge in [0.2, 0.25) is 0 Å². The molecule has 0 amide bonds. The number of pyridine rings is 1. The minimum Gasteiger partial charge on any atom is -0.619 e. The van der Waals surface area contributed by atoms with Gasteiger partial charge in [0.1, 0.15) is 11.2 Å². The summed E-state index contributed by atoms with van der Waals surface area (Å²) in [7, 11) is 0. The third-order valence-electron chi connectivity index (χ3n) is 5.29. The van der Waals surface area contributed by atoms with E-state index in [2.05, 4.69) is 33.9 Å². The van der Waals surface area contributed by atoms with Gasteiger partial charge >= 0.3 is 0 Å². The summed E-state index contributed by atoms with van der Waals surface area (Å²) < 4.78 is 2.53. The Hall–Kier alpha value is -3.11. The highest BCUT2D eigenvalue weighted by Crippen LogP contribution is 2.26. The van der Waals surface area contributed by atoms with E-state index in [1.807, 2.05) is 12.1 Å². The van der Waals surface area contributed by atoms with Gasteiger partial charge in [0.15, 0.2) is 18.0 Å².